The molecule has 0 spiro atoms. The van der Waals surface area contributed by atoms with Crippen LogP contribution in [0.5, 0.6) is 5.75 Å². The number of nitrogens with zero attached hydrogens (tertiary/aromatic N) is 2. The second-order valence-corrected chi connectivity index (χ2v) is 9.44. The lowest BCUT2D eigenvalue weighted by atomic mass is 10.0. The number of ether oxygens (including phenoxy) is 1. The Morgan fingerprint density at radius 2 is 1.76 bits per heavy atom. The van der Waals surface area contributed by atoms with E-state index < -0.39 is 9.84 Å². The summed E-state index contributed by atoms with van der Waals surface area (Å²) in [6.07, 6.45) is 3.83. The molecule has 168 valence electrons. The lowest BCUT2D eigenvalue weighted by molar-refractivity contribution is 0.0980. The number of H-pyrrole nitrogens is 1. The number of aryl methyl sites for hydroxylation is 1. The van der Waals surface area contributed by atoms with Crippen LogP contribution in [0.1, 0.15) is 39.6 Å². The van der Waals surface area contributed by atoms with E-state index in [4.69, 9.17) is 4.74 Å². The highest BCUT2D eigenvalue weighted by Crippen LogP contribution is 2.31. The molecule has 0 amide bonds. The Labute approximate surface area is 190 Å². The summed E-state index contributed by atoms with van der Waals surface area (Å²) in [5, 5.41) is 7.40. The van der Waals surface area contributed by atoms with Gasteiger partial charge in [0.15, 0.2) is 17.2 Å². The molecule has 0 atom stereocenters. The van der Waals surface area contributed by atoms with Crippen molar-refractivity contribution in [2.75, 3.05) is 7.11 Å². The Bertz CT molecular complexity index is 1460. The van der Waals surface area contributed by atoms with E-state index in [1.54, 1.807) is 24.4 Å². The van der Waals surface area contributed by atoms with Crippen LogP contribution < -0.4 is 4.74 Å². The van der Waals surface area contributed by atoms with E-state index in [9.17, 15) is 18.0 Å². The molecule has 33 heavy (non-hydrogen) atoms. The molecule has 0 bridgehead atoms. The number of benzene rings is 2. The van der Waals surface area contributed by atoms with Gasteiger partial charge in [-0.25, -0.2) is 13.4 Å². The number of fused-ring (bicyclic) bond motifs is 1. The van der Waals surface area contributed by atoms with E-state index in [0.29, 0.717) is 17.6 Å². The molecule has 0 aliphatic heterocycles. The first kappa shape index (κ1) is 22.3. The highest BCUT2D eigenvalue weighted by molar-refractivity contribution is 7.91. The van der Waals surface area contributed by atoms with Gasteiger partial charge in [-0.05, 0) is 55.3 Å². The number of pyridine rings is 1. The number of Topliss-reactive ketones (excluding diaryl/α,β-unsaturated/α-hetero) is 2. The third kappa shape index (κ3) is 4.54. The molecule has 0 saturated carbocycles. The third-order valence-corrected chi connectivity index (χ3v) is 7.14. The van der Waals surface area contributed by atoms with Gasteiger partial charge in [0.2, 0.25) is 9.84 Å². The van der Waals surface area contributed by atoms with Gasteiger partial charge in [0.05, 0.1) is 18.2 Å². The monoisotopic (exact) mass is 463 g/mol. The minimum atomic E-state index is -3.91. The van der Waals surface area contributed by atoms with Crippen LogP contribution in [0.4, 0.5) is 0 Å². The fourth-order valence-electron chi connectivity index (χ4n) is 3.46. The van der Waals surface area contributed by atoms with Crippen molar-refractivity contribution in [2.45, 2.75) is 29.6 Å². The van der Waals surface area contributed by atoms with Gasteiger partial charge in [-0.3, -0.25) is 14.7 Å². The SMILES string of the molecule is COc1ccc(C(C)=O)cc1S(=O)(=O)c1ccc(CCC(=O)c2cnc3[nH]ncc3c2)cc1. The van der Waals surface area contributed by atoms with Gasteiger partial charge in [0.1, 0.15) is 10.6 Å². The van der Waals surface area contributed by atoms with Crippen molar-refractivity contribution in [1.29, 1.82) is 0 Å². The zero-order valence-corrected chi connectivity index (χ0v) is 18.8. The molecular formula is C24H21N3O5S. The normalized spacial score (nSPS) is 11.5. The number of ketones is 2. The number of aromatic amines is 1. The summed E-state index contributed by atoms with van der Waals surface area (Å²) < 4.78 is 31.6. The highest BCUT2D eigenvalue weighted by atomic mass is 32.2. The zero-order chi connectivity index (χ0) is 23.6. The second-order valence-electron chi connectivity index (χ2n) is 7.52. The van der Waals surface area contributed by atoms with Gasteiger partial charge >= 0.3 is 0 Å². The third-order valence-electron chi connectivity index (χ3n) is 5.35. The van der Waals surface area contributed by atoms with Crippen molar-refractivity contribution in [3.05, 3.63) is 77.6 Å². The Kier molecular flexibility index (Phi) is 6.06. The van der Waals surface area contributed by atoms with Crippen molar-refractivity contribution >= 4 is 32.4 Å². The maximum Gasteiger partial charge on any atom is 0.210 e. The Morgan fingerprint density at radius 3 is 2.45 bits per heavy atom. The lowest BCUT2D eigenvalue weighted by Gasteiger charge is -2.11. The molecule has 0 aliphatic carbocycles. The maximum atomic E-state index is 13.2. The number of hydrogen-bond donors (Lipinski definition) is 1. The van der Waals surface area contributed by atoms with E-state index in [1.165, 1.54) is 50.6 Å². The van der Waals surface area contributed by atoms with Crippen LogP contribution >= 0.6 is 0 Å². The maximum absolute atomic E-state index is 13.2. The number of carbonyl (C=O) groups excluding carboxylic acids is 2. The molecule has 4 aromatic rings. The molecule has 1 N–H and O–H groups in total. The van der Waals surface area contributed by atoms with Crippen molar-refractivity contribution in [3.63, 3.8) is 0 Å². The van der Waals surface area contributed by atoms with Crippen LogP contribution in [0.15, 0.2) is 70.7 Å². The second kappa shape index (κ2) is 8.95. The summed E-state index contributed by atoms with van der Waals surface area (Å²) in [6, 6.07) is 12.4. The zero-order valence-electron chi connectivity index (χ0n) is 18.0. The van der Waals surface area contributed by atoms with Crippen LogP contribution in [-0.2, 0) is 16.3 Å². The lowest BCUT2D eigenvalue weighted by Crippen LogP contribution is -2.07. The molecule has 2 aromatic carbocycles. The number of aromatic nitrogens is 3. The molecule has 0 saturated heterocycles. The smallest absolute Gasteiger partial charge is 0.210 e. The van der Waals surface area contributed by atoms with E-state index in [2.05, 4.69) is 15.2 Å². The van der Waals surface area contributed by atoms with E-state index in [0.717, 1.165) is 10.9 Å². The van der Waals surface area contributed by atoms with Crippen molar-refractivity contribution in [2.24, 2.45) is 0 Å². The predicted molar refractivity (Wildman–Crippen MR) is 121 cm³/mol. The molecule has 9 heteroatoms. The quantitative estimate of drug-likeness (QED) is 0.395. The van der Waals surface area contributed by atoms with Gasteiger partial charge in [-0.2, -0.15) is 5.10 Å². The van der Waals surface area contributed by atoms with Crippen molar-refractivity contribution < 1.29 is 22.7 Å². The summed E-state index contributed by atoms with van der Waals surface area (Å²) in [6.45, 7) is 1.37. The van der Waals surface area contributed by atoms with Crippen LogP contribution in [0, 0.1) is 0 Å². The Hall–Kier alpha value is -3.85. The number of carbonyl (C=O) groups is 2. The fourth-order valence-corrected chi connectivity index (χ4v) is 4.91. The molecule has 0 aliphatic rings. The van der Waals surface area contributed by atoms with Crippen molar-refractivity contribution in [1.82, 2.24) is 15.2 Å². The summed E-state index contributed by atoms with van der Waals surface area (Å²) in [4.78, 5) is 28.4. The molecule has 2 aromatic heterocycles. The Balaban J connectivity index is 1.51. The summed E-state index contributed by atoms with van der Waals surface area (Å²) in [5.74, 6) is -0.137. The van der Waals surface area contributed by atoms with Gasteiger partial charge in [-0.1, -0.05) is 12.1 Å². The average molecular weight is 464 g/mol. The number of rotatable bonds is 8. The van der Waals surface area contributed by atoms with Gasteiger partial charge < -0.3 is 4.74 Å². The van der Waals surface area contributed by atoms with E-state index in [-0.39, 0.29) is 39.1 Å². The minimum Gasteiger partial charge on any atom is -0.495 e. The van der Waals surface area contributed by atoms with Crippen LogP contribution in [-0.4, -0.2) is 42.3 Å². The number of nitrogens with one attached hydrogen (secondary N) is 1. The van der Waals surface area contributed by atoms with Gasteiger partial charge in [-0.15, -0.1) is 0 Å². The standard InChI is InChI=1S/C24H21N3O5S/c1-15(28)17-6-10-22(32-2)23(12-17)33(30,31)20-7-3-16(4-8-20)5-9-21(29)18-11-19-14-26-27-24(19)25-13-18/h3-4,6-8,10-14H,5,9H2,1-2H3,(H,25,26,27). The van der Waals surface area contributed by atoms with E-state index in [1.807, 2.05) is 0 Å². The number of hydrogen-bond acceptors (Lipinski definition) is 7. The molecule has 0 radical (unpaired) electrons. The first-order valence-corrected chi connectivity index (χ1v) is 11.6. The van der Waals surface area contributed by atoms with Crippen LogP contribution in [0.2, 0.25) is 0 Å². The summed E-state index contributed by atoms with van der Waals surface area (Å²) >= 11 is 0. The average Bonchev–Trinajstić information content (AvgIpc) is 3.30. The van der Waals surface area contributed by atoms with Crippen LogP contribution in [0.25, 0.3) is 11.0 Å². The van der Waals surface area contributed by atoms with Gasteiger partial charge in [0.25, 0.3) is 0 Å². The summed E-state index contributed by atoms with van der Waals surface area (Å²) in [7, 11) is -2.53. The molecular weight excluding hydrogens is 442 g/mol. The van der Waals surface area contributed by atoms with Gasteiger partial charge in [0, 0.05) is 29.1 Å². The topological polar surface area (TPSA) is 119 Å². The number of sulfone groups is 1. The number of methoxy groups -OCH3 is 1. The predicted octanol–water partition coefficient (Wildman–Crippen LogP) is 3.82. The molecule has 0 fully saturated rings. The molecule has 4 rings (SSSR count). The molecule has 0 unspecified atom stereocenters. The molecule has 8 nitrogen and oxygen atoms in total. The fraction of sp³-hybridized carbons (Fsp3) is 0.167. The molecule has 2 heterocycles. The van der Waals surface area contributed by atoms with Crippen LogP contribution in [0.3, 0.4) is 0 Å². The first-order valence-electron chi connectivity index (χ1n) is 10.1. The first-order chi connectivity index (χ1) is 15.8. The largest absolute Gasteiger partial charge is 0.495 e. The van der Waals surface area contributed by atoms with E-state index >= 15 is 0 Å². The Morgan fingerprint density at radius 1 is 1.00 bits per heavy atom. The van der Waals surface area contributed by atoms with Crippen molar-refractivity contribution in [3.8, 4) is 5.75 Å². The summed E-state index contributed by atoms with van der Waals surface area (Å²) in [5.41, 5.74) is 2.23. The minimum absolute atomic E-state index is 0.0620. The highest BCUT2D eigenvalue weighted by Gasteiger charge is 2.23.